The lowest BCUT2D eigenvalue weighted by molar-refractivity contribution is -0.119. The van der Waals surface area contributed by atoms with Crippen molar-refractivity contribution in [3.63, 3.8) is 0 Å². The van der Waals surface area contributed by atoms with Gasteiger partial charge in [0, 0.05) is 17.5 Å². The number of amides is 1. The molecule has 1 fully saturated rings. The monoisotopic (exact) mass is 306 g/mol. The van der Waals surface area contributed by atoms with Crippen LogP contribution in [0.4, 0.5) is 0 Å². The number of carbonyl (C=O) groups excluding carboxylic acids is 1. The van der Waals surface area contributed by atoms with E-state index < -0.39 is 0 Å². The molecule has 0 spiro atoms. The molecule has 116 valence electrons. The van der Waals surface area contributed by atoms with E-state index in [0.717, 1.165) is 37.2 Å². The van der Waals surface area contributed by atoms with Crippen LogP contribution in [0.3, 0.4) is 0 Å². The van der Waals surface area contributed by atoms with Gasteiger partial charge >= 0.3 is 0 Å². The van der Waals surface area contributed by atoms with Crippen LogP contribution in [0.5, 0.6) is 0 Å². The molecule has 1 amide bonds. The van der Waals surface area contributed by atoms with Crippen molar-refractivity contribution in [2.75, 3.05) is 12.3 Å². The van der Waals surface area contributed by atoms with E-state index in [-0.39, 0.29) is 5.91 Å². The fraction of sp³-hybridized carbons (Fsp3) is 0.588. The topological polar surface area (TPSA) is 41.1 Å². The molecule has 3 nitrogen and oxygen atoms in total. The number of nitrogens with one attached hydrogen (secondary N) is 2. The SMILES string of the molecule is CCCNCc1ccc(SCC(=O)NC2CCCC2)cc1. The molecular formula is C17H26N2OS. The first-order valence-electron chi connectivity index (χ1n) is 7.99. The molecule has 0 bridgehead atoms. The van der Waals surface area contributed by atoms with Gasteiger partial charge in [-0.3, -0.25) is 4.79 Å². The van der Waals surface area contributed by atoms with Crippen molar-refractivity contribution in [1.82, 2.24) is 10.6 Å². The number of thioether (sulfide) groups is 1. The Labute approximate surface area is 132 Å². The van der Waals surface area contributed by atoms with Crippen LogP contribution in [0.15, 0.2) is 29.2 Å². The van der Waals surface area contributed by atoms with Crippen molar-refractivity contribution in [3.05, 3.63) is 29.8 Å². The summed E-state index contributed by atoms with van der Waals surface area (Å²) in [5, 5.41) is 6.52. The summed E-state index contributed by atoms with van der Waals surface area (Å²) in [6.07, 6.45) is 5.97. The zero-order valence-corrected chi connectivity index (χ0v) is 13.7. The van der Waals surface area contributed by atoms with E-state index >= 15 is 0 Å². The quantitative estimate of drug-likeness (QED) is 0.572. The summed E-state index contributed by atoms with van der Waals surface area (Å²) in [5.41, 5.74) is 1.29. The molecule has 21 heavy (non-hydrogen) atoms. The van der Waals surface area contributed by atoms with E-state index in [1.165, 1.54) is 18.4 Å². The number of rotatable bonds is 8. The van der Waals surface area contributed by atoms with Gasteiger partial charge in [-0.2, -0.15) is 0 Å². The van der Waals surface area contributed by atoms with Gasteiger partial charge in [-0.15, -0.1) is 11.8 Å². The minimum atomic E-state index is 0.167. The predicted molar refractivity (Wildman–Crippen MR) is 89.6 cm³/mol. The number of hydrogen-bond donors (Lipinski definition) is 2. The molecule has 1 aromatic rings. The molecule has 0 aromatic heterocycles. The summed E-state index contributed by atoms with van der Waals surface area (Å²) < 4.78 is 0. The Hall–Kier alpha value is -1.00. The fourth-order valence-electron chi connectivity index (χ4n) is 2.60. The smallest absolute Gasteiger partial charge is 0.230 e. The van der Waals surface area contributed by atoms with Crippen molar-refractivity contribution in [2.24, 2.45) is 0 Å². The van der Waals surface area contributed by atoms with E-state index in [1.54, 1.807) is 11.8 Å². The zero-order chi connectivity index (χ0) is 14.9. The lowest BCUT2D eigenvalue weighted by atomic mass is 10.2. The van der Waals surface area contributed by atoms with Crippen molar-refractivity contribution >= 4 is 17.7 Å². The Balaban J connectivity index is 1.68. The number of carbonyl (C=O) groups is 1. The van der Waals surface area contributed by atoms with Crippen LogP contribution < -0.4 is 10.6 Å². The fourth-order valence-corrected chi connectivity index (χ4v) is 3.31. The third kappa shape index (κ3) is 6.10. The summed E-state index contributed by atoms with van der Waals surface area (Å²) in [5.74, 6) is 0.685. The highest BCUT2D eigenvalue weighted by atomic mass is 32.2. The molecule has 1 aromatic carbocycles. The van der Waals surface area contributed by atoms with E-state index in [0.29, 0.717) is 11.8 Å². The van der Waals surface area contributed by atoms with Gasteiger partial charge < -0.3 is 10.6 Å². The van der Waals surface area contributed by atoms with E-state index in [2.05, 4.69) is 41.8 Å². The van der Waals surface area contributed by atoms with Crippen molar-refractivity contribution in [2.45, 2.75) is 56.5 Å². The molecule has 2 rings (SSSR count). The highest BCUT2D eigenvalue weighted by Crippen LogP contribution is 2.20. The van der Waals surface area contributed by atoms with Gasteiger partial charge in [0.15, 0.2) is 0 Å². The molecule has 0 radical (unpaired) electrons. The molecule has 1 aliphatic rings. The minimum Gasteiger partial charge on any atom is -0.353 e. The van der Waals surface area contributed by atoms with Gasteiger partial charge in [0.2, 0.25) is 5.91 Å². The minimum absolute atomic E-state index is 0.167. The van der Waals surface area contributed by atoms with Gasteiger partial charge in [0.05, 0.1) is 5.75 Å². The van der Waals surface area contributed by atoms with Crippen molar-refractivity contribution < 1.29 is 4.79 Å². The second-order valence-corrected chi connectivity index (χ2v) is 6.71. The lowest BCUT2D eigenvalue weighted by Gasteiger charge is -2.11. The normalized spacial score (nSPS) is 15.3. The van der Waals surface area contributed by atoms with Crippen LogP contribution in [0, 0.1) is 0 Å². The summed E-state index contributed by atoms with van der Waals surface area (Å²) in [6.45, 7) is 4.14. The predicted octanol–water partition coefficient (Wildman–Crippen LogP) is 3.34. The largest absolute Gasteiger partial charge is 0.353 e. The summed E-state index contributed by atoms with van der Waals surface area (Å²) in [4.78, 5) is 13.0. The highest BCUT2D eigenvalue weighted by Gasteiger charge is 2.16. The maximum absolute atomic E-state index is 11.9. The molecule has 1 aliphatic carbocycles. The second-order valence-electron chi connectivity index (χ2n) is 5.66. The Kier molecular flexibility index (Phi) is 7.10. The van der Waals surface area contributed by atoms with Crippen LogP contribution in [-0.4, -0.2) is 24.2 Å². The summed E-state index contributed by atoms with van der Waals surface area (Å²) >= 11 is 1.62. The lowest BCUT2D eigenvalue weighted by Crippen LogP contribution is -2.33. The molecule has 2 N–H and O–H groups in total. The van der Waals surface area contributed by atoms with Crippen LogP contribution in [0.25, 0.3) is 0 Å². The van der Waals surface area contributed by atoms with Gasteiger partial charge in [-0.05, 0) is 43.5 Å². The molecular weight excluding hydrogens is 280 g/mol. The van der Waals surface area contributed by atoms with Crippen molar-refractivity contribution in [1.29, 1.82) is 0 Å². The number of hydrogen-bond acceptors (Lipinski definition) is 3. The highest BCUT2D eigenvalue weighted by molar-refractivity contribution is 8.00. The Morgan fingerprint density at radius 2 is 1.95 bits per heavy atom. The summed E-state index contributed by atoms with van der Waals surface area (Å²) in [6, 6.07) is 8.91. The first-order chi connectivity index (χ1) is 10.3. The van der Waals surface area contributed by atoms with Gasteiger partial charge in [-0.1, -0.05) is 31.9 Å². The Morgan fingerprint density at radius 3 is 2.62 bits per heavy atom. The van der Waals surface area contributed by atoms with E-state index in [9.17, 15) is 4.79 Å². The first-order valence-corrected chi connectivity index (χ1v) is 8.98. The van der Waals surface area contributed by atoms with E-state index in [4.69, 9.17) is 0 Å². The average molecular weight is 306 g/mol. The van der Waals surface area contributed by atoms with Gasteiger partial charge in [0.25, 0.3) is 0 Å². The average Bonchev–Trinajstić information content (AvgIpc) is 2.99. The van der Waals surface area contributed by atoms with Gasteiger partial charge in [0.1, 0.15) is 0 Å². The standard InChI is InChI=1S/C17H26N2OS/c1-2-11-18-12-14-7-9-16(10-8-14)21-13-17(20)19-15-5-3-4-6-15/h7-10,15,18H,2-6,11-13H2,1H3,(H,19,20). The van der Waals surface area contributed by atoms with Crippen LogP contribution >= 0.6 is 11.8 Å². The molecule has 0 saturated heterocycles. The third-order valence-corrected chi connectivity index (χ3v) is 4.78. The van der Waals surface area contributed by atoms with Gasteiger partial charge in [-0.25, -0.2) is 0 Å². The first kappa shape index (κ1) is 16.4. The zero-order valence-electron chi connectivity index (χ0n) is 12.9. The van der Waals surface area contributed by atoms with Crippen LogP contribution in [0.2, 0.25) is 0 Å². The molecule has 4 heteroatoms. The van der Waals surface area contributed by atoms with Crippen molar-refractivity contribution in [3.8, 4) is 0 Å². The molecule has 0 heterocycles. The molecule has 0 atom stereocenters. The maximum atomic E-state index is 11.9. The second kappa shape index (κ2) is 9.11. The number of benzene rings is 1. The summed E-state index contributed by atoms with van der Waals surface area (Å²) in [7, 11) is 0. The van der Waals surface area contributed by atoms with E-state index in [1.807, 2.05) is 0 Å². The molecule has 0 aliphatic heterocycles. The van der Waals surface area contributed by atoms with Crippen LogP contribution in [-0.2, 0) is 11.3 Å². The Bertz CT molecular complexity index is 427. The molecule has 1 saturated carbocycles. The van der Waals surface area contributed by atoms with Crippen LogP contribution in [0.1, 0.15) is 44.6 Å². The molecule has 0 unspecified atom stereocenters. The Morgan fingerprint density at radius 1 is 1.24 bits per heavy atom. The maximum Gasteiger partial charge on any atom is 0.230 e. The third-order valence-electron chi connectivity index (χ3n) is 3.77.